The zero-order valence-electron chi connectivity index (χ0n) is 24.2. The van der Waals surface area contributed by atoms with Crippen molar-refractivity contribution in [3.05, 3.63) is 70.3 Å². The quantitative estimate of drug-likeness (QED) is 0.332. The first-order valence-electron chi connectivity index (χ1n) is 14.8. The van der Waals surface area contributed by atoms with Gasteiger partial charge in [-0.1, -0.05) is 36.7 Å². The third-order valence-corrected chi connectivity index (χ3v) is 11.6. The molecule has 10 heteroatoms. The van der Waals surface area contributed by atoms with Crippen LogP contribution in [0.15, 0.2) is 48.6 Å². The number of allylic oxidation sites excluding steroid dienone is 1. The number of aliphatic hydroxyl groups excluding tert-OH is 1. The average Bonchev–Trinajstić information content (AvgIpc) is 3.07. The van der Waals surface area contributed by atoms with Crippen molar-refractivity contribution in [2.75, 3.05) is 24.6 Å². The second-order valence-electron chi connectivity index (χ2n) is 12.5. The van der Waals surface area contributed by atoms with Crippen molar-refractivity contribution in [2.45, 2.75) is 69.1 Å². The van der Waals surface area contributed by atoms with E-state index in [1.807, 2.05) is 19.1 Å². The molecule has 1 fully saturated rings. The lowest BCUT2D eigenvalue weighted by atomic mass is 9.68. The van der Waals surface area contributed by atoms with E-state index in [-0.39, 0.29) is 28.7 Å². The number of fused-ring (bicyclic) bond motifs is 3. The highest BCUT2D eigenvalue weighted by molar-refractivity contribution is 7.89. The van der Waals surface area contributed by atoms with Crippen molar-refractivity contribution in [3.63, 3.8) is 0 Å². The number of benzene rings is 2. The van der Waals surface area contributed by atoms with Crippen LogP contribution in [-0.2, 0) is 21.9 Å². The van der Waals surface area contributed by atoms with Crippen LogP contribution in [0.3, 0.4) is 0 Å². The van der Waals surface area contributed by atoms with Gasteiger partial charge in [0.1, 0.15) is 5.75 Å². The largest absolute Gasteiger partial charge is 0.490 e. The van der Waals surface area contributed by atoms with Crippen molar-refractivity contribution in [1.82, 2.24) is 0 Å². The number of hydrogen-bond acceptors (Lipinski definition) is 6. The zero-order valence-corrected chi connectivity index (χ0v) is 25.8. The highest BCUT2D eigenvalue weighted by Gasteiger charge is 2.44. The van der Waals surface area contributed by atoms with Gasteiger partial charge < -0.3 is 19.8 Å². The Morgan fingerprint density at radius 2 is 2.02 bits per heavy atom. The van der Waals surface area contributed by atoms with Gasteiger partial charge in [0, 0.05) is 23.5 Å². The first kappa shape index (κ1) is 30.9. The molecule has 2 aromatic rings. The molecule has 0 bridgehead atoms. The van der Waals surface area contributed by atoms with E-state index in [0.717, 1.165) is 42.8 Å². The molecule has 1 spiro atoms. The lowest BCUT2D eigenvalue weighted by Gasteiger charge is -2.45. The number of hydrogen-bond donors (Lipinski definition) is 3. The molecule has 5 rings (SSSR count). The average molecular weight is 617 g/mol. The summed E-state index contributed by atoms with van der Waals surface area (Å²) in [5.74, 6) is -0.220. The van der Waals surface area contributed by atoms with Gasteiger partial charge in [-0.2, -0.15) is 0 Å². The van der Waals surface area contributed by atoms with E-state index in [1.165, 1.54) is 11.1 Å². The number of aryl methyl sites for hydroxylation is 1. The molecule has 1 aliphatic heterocycles. The third kappa shape index (κ3) is 6.34. The van der Waals surface area contributed by atoms with Gasteiger partial charge in [0.05, 0.1) is 29.2 Å². The number of primary sulfonamides is 1. The van der Waals surface area contributed by atoms with Gasteiger partial charge in [-0.3, -0.25) is 0 Å². The van der Waals surface area contributed by atoms with E-state index in [0.29, 0.717) is 31.9 Å². The number of sulfonamides is 1. The predicted octanol–water partition coefficient (Wildman–Crippen LogP) is 5.16. The summed E-state index contributed by atoms with van der Waals surface area (Å²) in [7, 11) is -3.61. The molecule has 1 heterocycles. The normalized spacial score (nSPS) is 26.0. The molecule has 3 aliphatic rings. The third-order valence-electron chi connectivity index (χ3n) is 9.81. The van der Waals surface area contributed by atoms with Crippen LogP contribution in [0.2, 0.25) is 5.02 Å². The number of nitrogens with zero attached hydrogens (tertiary/aromatic N) is 1. The molecular weight excluding hydrogens is 576 g/mol. The Morgan fingerprint density at radius 1 is 1.24 bits per heavy atom. The van der Waals surface area contributed by atoms with Crippen LogP contribution in [0.25, 0.3) is 0 Å². The van der Waals surface area contributed by atoms with Crippen LogP contribution in [0.4, 0.5) is 5.69 Å². The fourth-order valence-electron chi connectivity index (χ4n) is 6.89. The lowest BCUT2D eigenvalue weighted by Crippen LogP contribution is -2.49. The first-order valence-corrected chi connectivity index (χ1v) is 16.8. The van der Waals surface area contributed by atoms with Gasteiger partial charge in [-0.15, -0.1) is 0 Å². The maximum Gasteiger partial charge on any atom is 0.335 e. The Morgan fingerprint density at radius 3 is 2.71 bits per heavy atom. The van der Waals surface area contributed by atoms with E-state index in [9.17, 15) is 23.4 Å². The molecule has 6 atom stereocenters. The van der Waals surface area contributed by atoms with Crippen LogP contribution in [-0.4, -0.2) is 55.7 Å². The molecule has 1 unspecified atom stereocenters. The van der Waals surface area contributed by atoms with E-state index in [4.69, 9.17) is 21.5 Å². The number of ether oxygens (including phenoxy) is 1. The Bertz CT molecular complexity index is 1460. The second-order valence-corrected chi connectivity index (χ2v) is 14.9. The SMILES string of the molecule is C[C@@H](C/C=C/[C@H](O)[C@@H]1CC[C@H]1CN1CC2(CCCc3cc(Cl)ccc32)COc2ccc(C(=O)O)cc21)[C@H](C)S(N)(=O)=O. The van der Waals surface area contributed by atoms with E-state index < -0.39 is 27.3 Å². The molecule has 2 aliphatic carbocycles. The molecular formula is C32H41ClN2O6S. The molecule has 2 aromatic carbocycles. The van der Waals surface area contributed by atoms with Gasteiger partial charge in [-0.05, 0) is 105 Å². The molecule has 1 saturated carbocycles. The monoisotopic (exact) mass is 616 g/mol. The summed E-state index contributed by atoms with van der Waals surface area (Å²) < 4.78 is 29.8. The van der Waals surface area contributed by atoms with Gasteiger partial charge in [-0.25, -0.2) is 18.4 Å². The maximum atomic E-state index is 11.9. The fourth-order valence-corrected chi connectivity index (χ4v) is 7.85. The first-order chi connectivity index (χ1) is 19.9. The van der Waals surface area contributed by atoms with Gasteiger partial charge in [0.2, 0.25) is 10.0 Å². The van der Waals surface area contributed by atoms with Crippen molar-refractivity contribution >= 4 is 33.3 Å². The Labute approximate surface area is 253 Å². The minimum atomic E-state index is -3.61. The summed E-state index contributed by atoms with van der Waals surface area (Å²) in [5, 5.41) is 26.2. The van der Waals surface area contributed by atoms with Crippen molar-refractivity contribution in [2.24, 2.45) is 22.9 Å². The van der Waals surface area contributed by atoms with Crippen LogP contribution < -0.4 is 14.8 Å². The van der Waals surface area contributed by atoms with Crippen LogP contribution in [0.1, 0.15) is 67.4 Å². The zero-order chi connectivity index (χ0) is 30.2. The van der Waals surface area contributed by atoms with E-state index in [2.05, 4.69) is 17.0 Å². The summed E-state index contributed by atoms with van der Waals surface area (Å²) in [5.41, 5.74) is 3.20. The number of carboxylic acids is 1. The highest BCUT2D eigenvalue weighted by atomic mass is 35.5. The Hall–Kier alpha value is -2.59. The molecule has 0 amide bonds. The smallest absolute Gasteiger partial charge is 0.335 e. The number of carboxylic acid groups (broad SMARTS) is 1. The topological polar surface area (TPSA) is 130 Å². The van der Waals surface area contributed by atoms with Gasteiger partial charge in [0.25, 0.3) is 0 Å². The number of aliphatic hydroxyl groups is 1. The molecule has 42 heavy (non-hydrogen) atoms. The van der Waals surface area contributed by atoms with Crippen molar-refractivity contribution in [1.29, 1.82) is 0 Å². The minimum Gasteiger partial charge on any atom is -0.490 e. The minimum absolute atomic E-state index is 0.0518. The summed E-state index contributed by atoms with van der Waals surface area (Å²) in [6.45, 7) is 5.28. The number of halogens is 1. The van der Waals surface area contributed by atoms with E-state index in [1.54, 1.807) is 31.2 Å². The highest BCUT2D eigenvalue weighted by Crippen LogP contribution is 2.46. The standard InChI is InChI=1S/C32H41ClN2O6S/c1-20(21(2)42(34,39)40)5-3-7-29(36)26-11-8-24(26)17-35-18-32(14-4-6-22-15-25(33)10-12-27(22)32)19-41-30-13-9-23(31(37)38)16-28(30)35/h3,7,9-10,12-13,15-16,20-21,24,26,29,36H,4-6,8,11,14,17-19H2,1-2H3,(H,37,38)(H2,34,39,40)/b7-3+/t20-,21-,24-,26+,29-,32?/m0/s1. The van der Waals surface area contributed by atoms with Gasteiger partial charge in [0.15, 0.2) is 0 Å². The summed E-state index contributed by atoms with van der Waals surface area (Å²) in [6, 6.07) is 11.2. The maximum absolute atomic E-state index is 11.9. The summed E-state index contributed by atoms with van der Waals surface area (Å²) in [6.07, 6.45) is 8.27. The Balaban J connectivity index is 1.38. The molecule has 0 saturated heterocycles. The van der Waals surface area contributed by atoms with E-state index >= 15 is 0 Å². The van der Waals surface area contributed by atoms with Crippen molar-refractivity contribution < 1.29 is 28.2 Å². The van der Waals surface area contributed by atoms with Crippen LogP contribution in [0, 0.1) is 17.8 Å². The number of anilines is 1. The summed E-state index contributed by atoms with van der Waals surface area (Å²) in [4.78, 5) is 14.2. The molecule has 4 N–H and O–H groups in total. The molecule has 0 radical (unpaired) electrons. The van der Waals surface area contributed by atoms with Gasteiger partial charge >= 0.3 is 5.97 Å². The predicted molar refractivity (Wildman–Crippen MR) is 165 cm³/mol. The number of aromatic carboxylic acids is 1. The molecule has 8 nitrogen and oxygen atoms in total. The fraction of sp³-hybridized carbons (Fsp3) is 0.531. The number of carbonyl (C=O) groups is 1. The number of nitrogens with two attached hydrogens (primary N) is 1. The lowest BCUT2D eigenvalue weighted by molar-refractivity contribution is 0.0456. The second kappa shape index (κ2) is 12.2. The molecule has 0 aromatic heterocycles. The summed E-state index contributed by atoms with van der Waals surface area (Å²) >= 11 is 6.36. The van der Waals surface area contributed by atoms with Crippen molar-refractivity contribution in [3.8, 4) is 5.75 Å². The number of rotatable bonds is 9. The van der Waals surface area contributed by atoms with Crippen LogP contribution >= 0.6 is 11.6 Å². The van der Waals surface area contributed by atoms with Crippen LogP contribution in [0.5, 0.6) is 5.75 Å². The molecule has 228 valence electrons. The Kier molecular flexibility index (Phi) is 8.95.